The molecule has 0 aliphatic rings. The summed E-state index contributed by atoms with van der Waals surface area (Å²) in [4.78, 5) is 13.7. The number of rotatable bonds is 7. The van der Waals surface area contributed by atoms with Crippen molar-refractivity contribution in [1.82, 2.24) is 0 Å². The number of anilines is 2. The smallest absolute Gasteiger partial charge is 0.205 e. The summed E-state index contributed by atoms with van der Waals surface area (Å²) in [7, 11) is -1.78. The van der Waals surface area contributed by atoms with Gasteiger partial charge in [-0.05, 0) is 46.3 Å². The molecule has 1 heterocycles. The number of thiophene rings is 1. The van der Waals surface area contributed by atoms with E-state index < -0.39 is 8.07 Å². The molecule has 1 N–H and O–H groups in total. The molecular weight excluding hydrogens is 426 g/mol. The predicted octanol–water partition coefficient (Wildman–Crippen LogP) is 8.29. The number of carbonyl (C=O) groups excluding carboxylic acids is 1. The molecule has 0 fully saturated rings. The predicted molar refractivity (Wildman–Crippen MR) is 142 cm³/mol. The van der Waals surface area contributed by atoms with Crippen molar-refractivity contribution in [3.05, 3.63) is 82.0 Å². The van der Waals surface area contributed by atoms with Crippen LogP contribution in [0.3, 0.4) is 0 Å². The highest BCUT2D eigenvalue weighted by atomic mass is 32.1. The Kier molecular flexibility index (Phi) is 7.76. The molecule has 32 heavy (non-hydrogen) atoms. The number of hydrogen-bond donors (Lipinski definition) is 1. The van der Waals surface area contributed by atoms with Crippen LogP contribution in [0.2, 0.25) is 16.6 Å². The van der Waals surface area contributed by atoms with E-state index in [9.17, 15) is 4.79 Å². The summed E-state index contributed by atoms with van der Waals surface area (Å²) in [5.74, 6) is 3.56. The third kappa shape index (κ3) is 5.06. The van der Waals surface area contributed by atoms with Gasteiger partial charge in [0.25, 0.3) is 0 Å². The van der Waals surface area contributed by atoms with Gasteiger partial charge in [-0.15, -0.1) is 16.9 Å². The summed E-state index contributed by atoms with van der Waals surface area (Å²) >= 11 is 1.46. The first-order valence-corrected chi connectivity index (χ1v) is 14.4. The highest BCUT2D eigenvalue weighted by Gasteiger charge is 2.41. The Hall–Kier alpha value is -2.61. The molecule has 0 bridgehead atoms. The summed E-state index contributed by atoms with van der Waals surface area (Å²) in [6.07, 6.45) is 0. The highest BCUT2D eigenvalue weighted by molar-refractivity contribution is 7.13. The molecule has 1 aromatic heterocycles. The first-order valence-electron chi connectivity index (χ1n) is 11.3. The van der Waals surface area contributed by atoms with Gasteiger partial charge in [-0.25, -0.2) is 0 Å². The lowest BCUT2D eigenvalue weighted by atomic mass is 10.1. The molecule has 0 saturated heterocycles. The number of carbonyl (C=O) groups is 1. The average molecular weight is 460 g/mol. The van der Waals surface area contributed by atoms with Crippen molar-refractivity contribution in [1.29, 1.82) is 0 Å². The molecule has 0 radical (unpaired) electrons. The zero-order valence-electron chi connectivity index (χ0n) is 19.9. The normalized spacial score (nSPS) is 11.5. The van der Waals surface area contributed by atoms with E-state index in [1.54, 1.807) is 0 Å². The van der Waals surface area contributed by atoms with Crippen molar-refractivity contribution in [3.63, 3.8) is 0 Å². The second-order valence-electron chi connectivity index (χ2n) is 9.21. The average Bonchev–Trinajstić information content (AvgIpc) is 3.22. The third-order valence-electron chi connectivity index (χ3n) is 6.34. The lowest BCUT2D eigenvalue weighted by molar-refractivity contribution is 0.104. The van der Waals surface area contributed by atoms with E-state index in [-0.39, 0.29) is 5.78 Å². The second kappa shape index (κ2) is 10.3. The Bertz CT molecular complexity index is 1100. The molecule has 0 aliphatic carbocycles. The molecule has 0 aliphatic heterocycles. The van der Waals surface area contributed by atoms with Gasteiger partial charge in [0.2, 0.25) is 5.78 Å². The minimum atomic E-state index is -1.78. The van der Waals surface area contributed by atoms with Crippen LogP contribution in [0.25, 0.3) is 0 Å². The van der Waals surface area contributed by atoms with Crippen LogP contribution >= 0.6 is 11.3 Å². The highest BCUT2D eigenvalue weighted by Crippen LogP contribution is 2.40. The molecule has 2 aromatic carbocycles. The molecule has 3 rings (SSSR count). The second-order valence-corrected chi connectivity index (χ2v) is 15.7. The van der Waals surface area contributed by atoms with E-state index in [4.69, 9.17) is 0 Å². The zero-order chi connectivity index (χ0) is 23.3. The van der Waals surface area contributed by atoms with Crippen LogP contribution in [0.5, 0.6) is 0 Å². The standard InChI is InChI=1S/C28H33NOSSi/c1-20(2)32(21(3)4,22(5)6)18-16-23-11-10-14-25(19-23)29-26-15-17-31-28(26)27(30)24-12-8-7-9-13-24/h7-15,17,19-22,29H,1-6H3. The Morgan fingerprint density at radius 2 is 1.53 bits per heavy atom. The van der Waals surface area contributed by atoms with Crippen LogP contribution in [0.1, 0.15) is 62.3 Å². The van der Waals surface area contributed by atoms with Gasteiger partial charge in [0.1, 0.15) is 8.07 Å². The molecular formula is C28H33NOSSi. The van der Waals surface area contributed by atoms with Gasteiger partial charge in [0.05, 0.1) is 10.6 Å². The fourth-order valence-electron chi connectivity index (χ4n) is 4.75. The SMILES string of the molecule is CC(C)[Si](C#Cc1cccc(Nc2ccsc2C(=O)c2ccccc2)c1)(C(C)C)C(C)C. The van der Waals surface area contributed by atoms with Gasteiger partial charge in [-0.3, -0.25) is 4.79 Å². The number of nitrogens with one attached hydrogen (secondary N) is 1. The van der Waals surface area contributed by atoms with Crippen molar-refractivity contribution in [3.8, 4) is 11.5 Å². The maximum Gasteiger partial charge on any atom is 0.205 e. The van der Waals surface area contributed by atoms with E-state index in [1.165, 1.54) is 11.3 Å². The summed E-state index contributed by atoms with van der Waals surface area (Å²) in [5.41, 5.74) is 9.11. The lowest BCUT2D eigenvalue weighted by Gasteiger charge is -2.38. The van der Waals surface area contributed by atoms with E-state index in [0.29, 0.717) is 22.2 Å². The molecule has 0 unspecified atom stereocenters. The van der Waals surface area contributed by atoms with Gasteiger partial charge in [0, 0.05) is 16.8 Å². The van der Waals surface area contributed by atoms with Crippen LogP contribution in [0.4, 0.5) is 11.4 Å². The van der Waals surface area contributed by atoms with E-state index in [1.807, 2.05) is 53.9 Å². The summed E-state index contributed by atoms with van der Waals surface area (Å²) < 4.78 is 0. The molecule has 4 heteroatoms. The van der Waals surface area contributed by atoms with E-state index >= 15 is 0 Å². The Labute approximate surface area is 198 Å². The van der Waals surface area contributed by atoms with Crippen molar-refractivity contribution >= 4 is 36.6 Å². The maximum atomic E-state index is 12.9. The molecule has 0 saturated carbocycles. The number of ketones is 1. The molecule has 166 valence electrons. The largest absolute Gasteiger partial charge is 0.354 e. The van der Waals surface area contributed by atoms with Crippen molar-refractivity contribution in [2.45, 2.75) is 58.2 Å². The van der Waals surface area contributed by atoms with Crippen LogP contribution in [-0.2, 0) is 0 Å². The Morgan fingerprint density at radius 1 is 0.875 bits per heavy atom. The first-order chi connectivity index (χ1) is 15.3. The Balaban J connectivity index is 1.88. The first kappa shape index (κ1) is 24.0. The number of hydrogen-bond acceptors (Lipinski definition) is 3. The van der Waals surface area contributed by atoms with Crippen LogP contribution < -0.4 is 5.32 Å². The molecule has 3 aromatic rings. The summed E-state index contributed by atoms with van der Waals surface area (Å²) in [5, 5.41) is 5.40. The molecule has 2 nitrogen and oxygen atoms in total. The number of benzene rings is 2. The van der Waals surface area contributed by atoms with Crippen LogP contribution in [0.15, 0.2) is 66.0 Å². The topological polar surface area (TPSA) is 29.1 Å². The Morgan fingerprint density at radius 3 is 2.16 bits per heavy atom. The summed E-state index contributed by atoms with van der Waals surface area (Å²) in [6.45, 7) is 14.0. The monoisotopic (exact) mass is 459 g/mol. The lowest BCUT2D eigenvalue weighted by Crippen LogP contribution is -2.43. The fourth-order valence-corrected chi connectivity index (χ4v) is 10.8. The van der Waals surface area contributed by atoms with E-state index in [0.717, 1.165) is 21.8 Å². The van der Waals surface area contributed by atoms with Gasteiger partial charge >= 0.3 is 0 Å². The van der Waals surface area contributed by atoms with Crippen molar-refractivity contribution in [2.75, 3.05) is 5.32 Å². The van der Waals surface area contributed by atoms with Gasteiger partial charge < -0.3 is 5.32 Å². The zero-order valence-corrected chi connectivity index (χ0v) is 21.7. The minimum absolute atomic E-state index is 0.0423. The maximum absolute atomic E-state index is 12.9. The van der Waals surface area contributed by atoms with Gasteiger partial charge in [-0.2, -0.15) is 0 Å². The van der Waals surface area contributed by atoms with Gasteiger partial charge in [-0.1, -0.05) is 83.9 Å². The minimum Gasteiger partial charge on any atom is -0.354 e. The van der Waals surface area contributed by atoms with E-state index in [2.05, 4.69) is 70.5 Å². The van der Waals surface area contributed by atoms with Crippen molar-refractivity contribution < 1.29 is 4.79 Å². The molecule has 0 spiro atoms. The van der Waals surface area contributed by atoms with Crippen LogP contribution in [0, 0.1) is 11.5 Å². The van der Waals surface area contributed by atoms with Gasteiger partial charge in [0.15, 0.2) is 0 Å². The molecule has 0 amide bonds. The molecule has 0 atom stereocenters. The summed E-state index contributed by atoms with van der Waals surface area (Å²) in [6, 6.07) is 19.6. The van der Waals surface area contributed by atoms with Crippen molar-refractivity contribution in [2.24, 2.45) is 0 Å². The quantitative estimate of drug-likeness (QED) is 0.219. The fraction of sp³-hybridized carbons (Fsp3) is 0.321. The van der Waals surface area contributed by atoms with Crippen LogP contribution in [-0.4, -0.2) is 13.9 Å². The third-order valence-corrected chi connectivity index (χ3v) is 13.5.